The quantitative estimate of drug-likeness (QED) is 0.485. The molecule has 0 bridgehead atoms. The number of hydrogen-bond acceptors (Lipinski definition) is 5. The molecule has 1 aliphatic rings. The largest absolute Gasteiger partial charge is 0.365 e. The first-order chi connectivity index (χ1) is 15.0. The van der Waals surface area contributed by atoms with Crippen molar-refractivity contribution >= 4 is 28.2 Å². The van der Waals surface area contributed by atoms with E-state index in [0.29, 0.717) is 34.0 Å². The minimum Gasteiger partial charge on any atom is -0.365 e. The van der Waals surface area contributed by atoms with Crippen molar-refractivity contribution in [3.05, 3.63) is 82.6 Å². The molecule has 0 radical (unpaired) electrons. The van der Waals surface area contributed by atoms with Gasteiger partial charge in [0.25, 0.3) is 11.8 Å². The summed E-state index contributed by atoms with van der Waals surface area (Å²) in [5.74, 6) is -0.520. The number of anilines is 1. The number of nitrogens with two attached hydrogens (primary N) is 1. The molecule has 7 heteroatoms. The summed E-state index contributed by atoms with van der Waals surface area (Å²) in [7, 11) is 0. The summed E-state index contributed by atoms with van der Waals surface area (Å²) in [5, 5.41) is 7.45. The fourth-order valence-electron chi connectivity index (χ4n) is 4.09. The Morgan fingerprint density at radius 2 is 1.77 bits per heavy atom. The number of rotatable bonds is 4. The number of aromatic nitrogens is 1. The molecule has 2 aromatic heterocycles. The second-order valence-electron chi connectivity index (χ2n) is 7.42. The molecule has 0 saturated carbocycles. The first-order valence-electron chi connectivity index (χ1n) is 9.91. The van der Waals surface area contributed by atoms with Crippen LogP contribution in [0.4, 0.5) is 5.00 Å². The maximum Gasteiger partial charge on any atom is 0.262 e. The van der Waals surface area contributed by atoms with E-state index in [-0.39, 0.29) is 5.91 Å². The van der Waals surface area contributed by atoms with Gasteiger partial charge in [-0.25, -0.2) is 0 Å². The number of benzene rings is 2. The molecule has 0 saturated heterocycles. The number of aryl methyl sites for hydroxylation is 2. The van der Waals surface area contributed by atoms with Crippen LogP contribution >= 0.6 is 11.3 Å². The van der Waals surface area contributed by atoms with Crippen molar-refractivity contribution in [1.29, 1.82) is 0 Å². The van der Waals surface area contributed by atoms with Gasteiger partial charge >= 0.3 is 0 Å². The Morgan fingerprint density at radius 3 is 2.55 bits per heavy atom. The standard InChI is InChI=1S/C24H19N3O3S/c1-13-18(20(27-30-13)15-8-3-2-4-9-15)23(29)26-24-19(22(25)28)17-12-11-14-7-5-6-10-16(14)21(17)31-24/h2-10H,11-12H2,1H3,(H2,25,28)(H,26,29). The molecule has 6 nitrogen and oxygen atoms in total. The van der Waals surface area contributed by atoms with E-state index in [2.05, 4.69) is 16.5 Å². The number of carbonyl (C=O) groups is 2. The molecule has 0 fully saturated rings. The fourth-order valence-corrected chi connectivity index (χ4v) is 5.40. The molecule has 4 aromatic rings. The summed E-state index contributed by atoms with van der Waals surface area (Å²) in [5.41, 5.74) is 10.9. The van der Waals surface area contributed by atoms with Crippen LogP contribution in [0.15, 0.2) is 59.1 Å². The van der Waals surface area contributed by atoms with E-state index in [4.69, 9.17) is 10.3 Å². The smallest absolute Gasteiger partial charge is 0.262 e. The Hall–Kier alpha value is -3.71. The van der Waals surface area contributed by atoms with Gasteiger partial charge in [-0.15, -0.1) is 11.3 Å². The van der Waals surface area contributed by atoms with Crippen molar-refractivity contribution in [1.82, 2.24) is 5.16 Å². The van der Waals surface area contributed by atoms with Crippen LogP contribution in [0.3, 0.4) is 0 Å². The van der Waals surface area contributed by atoms with E-state index in [1.807, 2.05) is 48.5 Å². The van der Waals surface area contributed by atoms with Crippen molar-refractivity contribution in [2.75, 3.05) is 5.32 Å². The van der Waals surface area contributed by atoms with E-state index in [1.54, 1.807) is 6.92 Å². The predicted octanol–water partition coefficient (Wildman–Crippen LogP) is 4.83. The van der Waals surface area contributed by atoms with Gasteiger partial charge in [-0.2, -0.15) is 0 Å². The third-order valence-electron chi connectivity index (χ3n) is 5.52. The third-order valence-corrected chi connectivity index (χ3v) is 6.70. The summed E-state index contributed by atoms with van der Waals surface area (Å²) >= 11 is 1.38. The molecule has 3 N–H and O–H groups in total. The number of hydrogen-bond donors (Lipinski definition) is 2. The monoisotopic (exact) mass is 429 g/mol. The topological polar surface area (TPSA) is 98.2 Å². The van der Waals surface area contributed by atoms with Crippen molar-refractivity contribution < 1.29 is 14.1 Å². The average Bonchev–Trinajstić information content (AvgIpc) is 3.34. The maximum absolute atomic E-state index is 13.3. The Kier molecular flexibility index (Phi) is 4.67. The van der Waals surface area contributed by atoms with E-state index >= 15 is 0 Å². The summed E-state index contributed by atoms with van der Waals surface area (Å²) in [6.45, 7) is 1.69. The van der Waals surface area contributed by atoms with Gasteiger partial charge in [0.05, 0.1) is 5.56 Å². The third kappa shape index (κ3) is 3.23. The van der Waals surface area contributed by atoms with Gasteiger partial charge in [0.15, 0.2) is 0 Å². The Bertz CT molecular complexity index is 1320. The number of carbonyl (C=O) groups excluding carboxylic acids is 2. The van der Waals surface area contributed by atoms with Crippen LogP contribution in [-0.2, 0) is 12.8 Å². The normalized spacial score (nSPS) is 12.2. The number of amides is 2. The lowest BCUT2D eigenvalue weighted by molar-refractivity contribution is 0.100. The van der Waals surface area contributed by atoms with Gasteiger partial charge in [-0.05, 0) is 36.5 Å². The average molecular weight is 430 g/mol. The maximum atomic E-state index is 13.3. The summed E-state index contributed by atoms with van der Waals surface area (Å²) < 4.78 is 5.32. The van der Waals surface area contributed by atoms with Gasteiger partial charge < -0.3 is 15.6 Å². The van der Waals surface area contributed by atoms with Gasteiger partial charge in [-0.3, -0.25) is 9.59 Å². The van der Waals surface area contributed by atoms with Crippen molar-refractivity contribution in [3.63, 3.8) is 0 Å². The van der Waals surface area contributed by atoms with Gasteiger partial charge in [0.2, 0.25) is 0 Å². The van der Waals surface area contributed by atoms with Gasteiger partial charge in [0.1, 0.15) is 22.0 Å². The highest BCUT2D eigenvalue weighted by Crippen LogP contribution is 2.45. The molecule has 31 heavy (non-hydrogen) atoms. The summed E-state index contributed by atoms with van der Waals surface area (Å²) in [6, 6.07) is 17.5. The van der Waals surface area contributed by atoms with Crippen molar-refractivity contribution in [3.8, 4) is 21.7 Å². The van der Waals surface area contributed by atoms with Crippen LogP contribution in [0, 0.1) is 6.92 Å². The van der Waals surface area contributed by atoms with Gasteiger partial charge in [-0.1, -0.05) is 59.8 Å². The first kappa shape index (κ1) is 19.3. The van der Waals surface area contributed by atoms with E-state index in [1.165, 1.54) is 16.9 Å². The number of thiophene rings is 1. The molecule has 0 atom stereocenters. The lowest BCUT2D eigenvalue weighted by Gasteiger charge is -2.16. The second-order valence-corrected chi connectivity index (χ2v) is 8.44. The van der Waals surface area contributed by atoms with Crippen LogP contribution in [0.5, 0.6) is 0 Å². The zero-order valence-corrected chi connectivity index (χ0v) is 17.6. The zero-order valence-electron chi connectivity index (χ0n) is 16.8. The first-order valence-corrected chi connectivity index (χ1v) is 10.7. The highest BCUT2D eigenvalue weighted by atomic mass is 32.1. The second kappa shape index (κ2) is 7.52. The molecule has 154 valence electrons. The minimum atomic E-state index is -0.544. The molecule has 2 amide bonds. The van der Waals surface area contributed by atoms with E-state index in [9.17, 15) is 9.59 Å². The van der Waals surface area contributed by atoms with Gasteiger partial charge in [0, 0.05) is 10.4 Å². The molecule has 2 heterocycles. The molecule has 5 rings (SSSR count). The summed E-state index contributed by atoms with van der Waals surface area (Å²) in [4.78, 5) is 26.6. The van der Waals surface area contributed by atoms with E-state index in [0.717, 1.165) is 28.0 Å². The molecular weight excluding hydrogens is 410 g/mol. The predicted molar refractivity (Wildman–Crippen MR) is 120 cm³/mol. The molecule has 1 aliphatic carbocycles. The zero-order chi connectivity index (χ0) is 21.5. The Balaban J connectivity index is 1.57. The molecular formula is C24H19N3O3S. The van der Waals surface area contributed by atoms with Crippen LogP contribution in [0.25, 0.3) is 21.7 Å². The molecule has 0 spiro atoms. The number of nitrogens with zero attached hydrogens (tertiary/aromatic N) is 1. The van der Waals surface area contributed by atoms with Crippen LogP contribution in [0.1, 0.15) is 37.6 Å². The lowest BCUT2D eigenvalue weighted by Crippen LogP contribution is -2.19. The SMILES string of the molecule is Cc1onc(-c2ccccc2)c1C(=O)Nc1sc2c(c1C(N)=O)CCc1ccccc1-2. The number of primary amides is 1. The summed E-state index contributed by atoms with van der Waals surface area (Å²) in [6.07, 6.45) is 1.54. The number of fused-ring (bicyclic) bond motifs is 3. The van der Waals surface area contributed by atoms with Crippen LogP contribution in [-0.4, -0.2) is 17.0 Å². The Morgan fingerprint density at radius 1 is 1.03 bits per heavy atom. The lowest BCUT2D eigenvalue weighted by atomic mass is 9.89. The van der Waals surface area contributed by atoms with Crippen LogP contribution < -0.4 is 11.1 Å². The number of nitrogens with one attached hydrogen (secondary N) is 1. The highest BCUT2D eigenvalue weighted by molar-refractivity contribution is 7.20. The molecule has 0 unspecified atom stereocenters. The highest BCUT2D eigenvalue weighted by Gasteiger charge is 2.29. The van der Waals surface area contributed by atoms with Crippen LogP contribution in [0.2, 0.25) is 0 Å². The van der Waals surface area contributed by atoms with Crippen molar-refractivity contribution in [2.24, 2.45) is 5.73 Å². The molecule has 2 aromatic carbocycles. The Labute approximate surface area is 182 Å². The minimum absolute atomic E-state index is 0.341. The van der Waals surface area contributed by atoms with E-state index < -0.39 is 5.91 Å². The fraction of sp³-hybridized carbons (Fsp3) is 0.125. The van der Waals surface area contributed by atoms with Crippen molar-refractivity contribution in [2.45, 2.75) is 19.8 Å². The molecule has 0 aliphatic heterocycles.